The Morgan fingerprint density at radius 3 is 2.33 bits per heavy atom. The molecule has 15 heteroatoms. The van der Waals surface area contributed by atoms with E-state index in [1.807, 2.05) is 0 Å². The average molecular weight is 532 g/mol. The van der Waals surface area contributed by atoms with Crippen LogP contribution in [0.3, 0.4) is 0 Å². The smallest absolute Gasteiger partial charge is 0.475 e. The summed E-state index contributed by atoms with van der Waals surface area (Å²) in [6.07, 6.45) is 1.29. The molecule has 3 aliphatic rings. The van der Waals surface area contributed by atoms with Gasteiger partial charge in [0.2, 0.25) is 16.0 Å². The second-order valence-corrected chi connectivity index (χ2v) is 10.5. The van der Waals surface area contributed by atoms with E-state index in [4.69, 9.17) is 19.3 Å². The van der Waals surface area contributed by atoms with Crippen molar-refractivity contribution in [2.45, 2.75) is 42.2 Å². The van der Waals surface area contributed by atoms with Gasteiger partial charge < -0.3 is 19.3 Å². The van der Waals surface area contributed by atoms with E-state index in [1.165, 1.54) is 12.5 Å². The lowest BCUT2D eigenvalue weighted by atomic mass is 9.75. The van der Waals surface area contributed by atoms with Gasteiger partial charge in [-0.3, -0.25) is 4.79 Å². The van der Waals surface area contributed by atoms with Gasteiger partial charge >= 0.3 is 12.1 Å². The lowest BCUT2D eigenvalue weighted by molar-refractivity contribution is -0.192. The number of carbonyl (C=O) groups is 2. The highest BCUT2D eigenvalue weighted by Crippen LogP contribution is 2.41. The number of piperidine rings is 1. The van der Waals surface area contributed by atoms with Gasteiger partial charge in [-0.2, -0.15) is 13.2 Å². The highest BCUT2D eigenvalue weighted by atomic mass is 32.2. The van der Waals surface area contributed by atoms with E-state index < -0.39 is 27.6 Å². The van der Waals surface area contributed by atoms with E-state index in [-0.39, 0.29) is 10.8 Å². The van der Waals surface area contributed by atoms with Crippen molar-refractivity contribution in [2.75, 3.05) is 37.6 Å². The van der Waals surface area contributed by atoms with Gasteiger partial charge in [0, 0.05) is 38.1 Å². The fourth-order valence-corrected chi connectivity index (χ4v) is 5.84. The molecule has 0 bridgehead atoms. The first-order valence-corrected chi connectivity index (χ1v) is 12.7. The zero-order chi connectivity index (χ0) is 26.1. The maximum Gasteiger partial charge on any atom is 0.490 e. The summed E-state index contributed by atoms with van der Waals surface area (Å²) < 4.78 is 64.8. The van der Waals surface area contributed by atoms with Crippen LogP contribution in [-0.2, 0) is 20.2 Å². The maximum absolute atomic E-state index is 12.6. The van der Waals surface area contributed by atoms with E-state index in [1.54, 1.807) is 17.0 Å². The van der Waals surface area contributed by atoms with E-state index in [0.29, 0.717) is 49.9 Å². The van der Waals surface area contributed by atoms with Crippen LogP contribution in [-0.4, -0.2) is 79.2 Å². The molecule has 36 heavy (non-hydrogen) atoms. The molecule has 3 aliphatic heterocycles. The van der Waals surface area contributed by atoms with Crippen LogP contribution in [0.15, 0.2) is 33.9 Å². The van der Waals surface area contributed by atoms with Crippen LogP contribution in [0.5, 0.6) is 0 Å². The summed E-state index contributed by atoms with van der Waals surface area (Å²) >= 11 is 0. The number of carbonyl (C=O) groups excluding carboxylic acids is 1. The first kappa shape index (κ1) is 25.9. The zero-order valence-electron chi connectivity index (χ0n) is 19.0. The number of hydrogen-bond acceptors (Lipinski definition) is 8. The molecule has 2 saturated heterocycles. The summed E-state index contributed by atoms with van der Waals surface area (Å²) in [5, 5.41) is 7.12. The van der Waals surface area contributed by atoms with Gasteiger partial charge in [0.1, 0.15) is 4.90 Å². The normalized spacial score (nSPS) is 20.4. The molecular weight excluding hydrogens is 507 g/mol. The Balaban J connectivity index is 0.000000384. The number of sulfonamides is 1. The number of aromatic nitrogens is 2. The van der Waals surface area contributed by atoms with Crippen molar-refractivity contribution in [1.29, 1.82) is 0 Å². The number of nitrogens with one attached hydrogen (secondary N) is 1. The third-order valence-electron chi connectivity index (χ3n) is 6.51. The van der Waals surface area contributed by atoms with Gasteiger partial charge in [-0.1, -0.05) is 0 Å². The average Bonchev–Trinajstić information content (AvgIpc) is 3.56. The Hall–Kier alpha value is -3.20. The molecule has 0 aliphatic carbocycles. The second-order valence-electron chi connectivity index (χ2n) is 8.75. The summed E-state index contributed by atoms with van der Waals surface area (Å²) in [6, 6.07) is 3.36. The van der Waals surface area contributed by atoms with Gasteiger partial charge in [-0.15, -0.1) is 0 Å². The van der Waals surface area contributed by atoms with Crippen molar-refractivity contribution in [3.05, 3.63) is 36.0 Å². The number of nitrogens with zero attached hydrogens (tertiary/aromatic N) is 4. The maximum atomic E-state index is 12.6. The number of amides is 1. The van der Waals surface area contributed by atoms with Crippen LogP contribution in [0.25, 0.3) is 0 Å². The van der Waals surface area contributed by atoms with Crippen LogP contribution >= 0.6 is 0 Å². The van der Waals surface area contributed by atoms with Crippen molar-refractivity contribution in [1.82, 2.24) is 19.6 Å². The number of carboxylic acids is 1. The first-order chi connectivity index (χ1) is 16.9. The number of halogens is 3. The molecule has 0 radical (unpaired) electrons. The number of furan rings is 1. The molecule has 2 fully saturated rings. The molecule has 11 nitrogen and oxygen atoms in total. The van der Waals surface area contributed by atoms with Crippen LogP contribution in [0.1, 0.15) is 41.9 Å². The SMILES string of the molecule is O=C(O)C(F)(F)F.O=C(c1ccco1)N1CCC2(CC1)CNS(=O)(=O)c1cnc(N3CCCC3)nc12. The van der Waals surface area contributed by atoms with Gasteiger partial charge in [-0.25, -0.2) is 27.9 Å². The minimum absolute atomic E-state index is 0.137. The molecule has 2 N–H and O–H groups in total. The topological polar surface area (TPSA) is 146 Å². The minimum atomic E-state index is -5.08. The van der Waals surface area contributed by atoms with Crippen molar-refractivity contribution >= 4 is 27.8 Å². The van der Waals surface area contributed by atoms with Crippen LogP contribution in [0.2, 0.25) is 0 Å². The summed E-state index contributed by atoms with van der Waals surface area (Å²) in [7, 11) is -3.61. The largest absolute Gasteiger partial charge is 0.490 e. The Bertz CT molecular complexity index is 1220. The highest BCUT2D eigenvalue weighted by molar-refractivity contribution is 7.89. The van der Waals surface area contributed by atoms with Gasteiger partial charge in [-0.05, 0) is 37.8 Å². The van der Waals surface area contributed by atoms with Crippen molar-refractivity contribution < 1.29 is 40.7 Å². The lowest BCUT2D eigenvalue weighted by Crippen LogP contribution is -2.54. The molecule has 2 aromatic rings. The predicted molar refractivity (Wildman–Crippen MR) is 118 cm³/mol. The highest BCUT2D eigenvalue weighted by Gasteiger charge is 2.46. The van der Waals surface area contributed by atoms with Crippen LogP contribution < -0.4 is 9.62 Å². The quantitative estimate of drug-likeness (QED) is 0.592. The van der Waals surface area contributed by atoms with Crippen molar-refractivity contribution in [3.63, 3.8) is 0 Å². The Labute approximate surface area is 204 Å². The third-order valence-corrected chi connectivity index (χ3v) is 7.91. The van der Waals surface area contributed by atoms with Crippen LogP contribution in [0.4, 0.5) is 19.1 Å². The van der Waals surface area contributed by atoms with E-state index in [2.05, 4.69) is 14.6 Å². The molecule has 0 atom stereocenters. The molecule has 0 saturated carbocycles. The molecule has 5 heterocycles. The molecule has 0 aromatic carbocycles. The van der Waals surface area contributed by atoms with Gasteiger partial charge in [0.25, 0.3) is 5.91 Å². The first-order valence-electron chi connectivity index (χ1n) is 11.2. The molecule has 1 amide bonds. The molecule has 2 aromatic heterocycles. The molecular formula is C21H24F3N5O6S. The molecule has 1 spiro atoms. The number of aliphatic carboxylic acids is 1. The summed E-state index contributed by atoms with van der Waals surface area (Å²) in [4.78, 5) is 34.6. The van der Waals surface area contributed by atoms with Crippen LogP contribution in [0, 0.1) is 0 Å². The summed E-state index contributed by atoms with van der Waals surface area (Å²) in [6.45, 7) is 3.11. The molecule has 5 rings (SSSR count). The third kappa shape index (κ3) is 5.16. The predicted octanol–water partition coefficient (Wildman–Crippen LogP) is 1.77. The van der Waals surface area contributed by atoms with Crippen molar-refractivity contribution in [2.24, 2.45) is 0 Å². The Morgan fingerprint density at radius 1 is 1.14 bits per heavy atom. The number of anilines is 1. The van der Waals surface area contributed by atoms with E-state index in [0.717, 1.165) is 25.9 Å². The van der Waals surface area contributed by atoms with E-state index >= 15 is 0 Å². The molecule has 0 unspecified atom stereocenters. The number of hydrogen-bond donors (Lipinski definition) is 2. The number of alkyl halides is 3. The fourth-order valence-electron chi connectivity index (χ4n) is 4.51. The summed E-state index contributed by atoms with van der Waals surface area (Å²) in [5.41, 5.74) is 0.163. The lowest BCUT2D eigenvalue weighted by Gasteiger charge is -2.44. The number of likely N-dealkylation sites (tertiary alicyclic amines) is 1. The number of rotatable bonds is 2. The minimum Gasteiger partial charge on any atom is -0.475 e. The summed E-state index contributed by atoms with van der Waals surface area (Å²) in [5.74, 6) is -1.97. The van der Waals surface area contributed by atoms with E-state index in [9.17, 15) is 26.4 Å². The molecule has 196 valence electrons. The fraction of sp³-hybridized carbons (Fsp3) is 0.524. The second kappa shape index (κ2) is 9.69. The number of carboxylic acid groups (broad SMARTS) is 1. The number of fused-ring (bicyclic) bond motifs is 2. The Morgan fingerprint density at radius 2 is 1.78 bits per heavy atom. The Kier molecular flexibility index (Phi) is 6.96. The van der Waals surface area contributed by atoms with Gasteiger partial charge in [0.05, 0.1) is 18.2 Å². The zero-order valence-corrected chi connectivity index (χ0v) is 19.8. The monoisotopic (exact) mass is 531 g/mol. The van der Waals surface area contributed by atoms with Crippen molar-refractivity contribution in [3.8, 4) is 0 Å². The van der Waals surface area contributed by atoms with Gasteiger partial charge in [0.15, 0.2) is 5.76 Å². The standard InChI is InChI=1S/C19H23N5O4S.C2HF3O2/c25-17(14-4-3-11-28-14)23-9-5-19(6-10-23)13-21-29(26,27)15-12-20-18(22-16(15)19)24-7-1-2-8-24;3-2(4,5)1(6)7/h3-4,11-12,21H,1-2,5-10,13H2;(H,6,7).